The van der Waals surface area contributed by atoms with Crippen molar-refractivity contribution in [3.63, 3.8) is 0 Å². The Balaban J connectivity index is 2.34. The van der Waals surface area contributed by atoms with Crippen molar-refractivity contribution >= 4 is 5.91 Å². The average molecular weight is 240 g/mol. The van der Waals surface area contributed by atoms with Crippen LogP contribution in [-0.4, -0.2) is 18.0 Å². The van der Waals surface area contributed by atoms with Gasteiger partial charge in [-0.2, -0.15) is 0 Å². The van der Waals surface area contributed by atoms with E-state index in [1.165, 1.54) is 6.42 Å². The first-order chi connectivity index (χ1) is 8.02. The van der Waals surface area contributed by atoms with Crippen LogP contribution in [0.15, 0.2) is 0 Å². The summed E-state index contributed by atoms with van der Waals surface area (Å²) in [5.74, 6) is 1.48. The fourth-order valence-corrected chi connectivity index (χ4v) is 2.93. The summed E-state index contributed by atoms with van der Waals surface area (Å²) in [7, 11) is 0. The Morgan fingerprint density at radius 3 is 2.41 bits per heavy atom. The molecular formula is C14H28N2O. The van der Waals surface area contributed by atoms with Crippen LogP contribution in [0.3, 0.4) is 0 Å². The summed E-state index contributed by atoms with van der Waals surface area (Å²) in [4.78, 5) is 11.9. The molecule has 0 spiro atoms. The smallest absolute Gasteiger partial charge is 0.237 e. The zero-order valence-electron chi connectivity index (χ0n) is 11.5. The summed E-state index contributed by atoms with van der Waals surface area (Å²) in [5.41, 5.74) is 5.88. The standard InChI is InChI=1S/C14H28N2O/c1-4-5-6-13(15)14(17)16-12-8-10(2)7-11(3)9-12/h10-13H,4-9,15H2,1-3H3,(H,16,17)/t10?,11?,12?,13-/m0/s1. The molecule has 3 atom stereocenters. The van der Waals surface area contributed by atoms with Gasteiger partial charge in [-0.15, -0.1) is 0 Å². The summed E-state index contributed by atoms with van der Waals surface area (Å²) in [6.07, 6.45) is 6.44. The van der Waals surface area contributed by atoms with Crippen molar-refractivity contribution in [1.29, 1.82) is 0 Å². The maximum Gasteiger partial charge on any atom is 0.237 e. The van der Waals surface area contributed by atoms with Crippen molar-refractivity contribution in [3.05, 3.63) is 0 Å². The van der Waals surface area contributed by atoms with Crippen LogP contribution in [0.5, 0.6) is 0 Å². The van der Waals surface area contributed by atoms with E-state index in [2.05, 4.69) is 26.1 Å². The lowest BCUT2D eigenvalue weighted by Crippen LogP contribution is -2.47. The van der Waals surface area contributed by atoms with E-state index in [1.54, 1.807) is 0 Å². The zero-order valence-corrected chi connectivity index (χ0v) is 11.5. The minimum Gasteiger partial charge on any atom is -0.352 e. The molecule has 0 aromatic heterocycles. The van der Waals surface area contributed by atoms with E-state index in [9.17, 15) is 4.79 Å². The van der Waals surface area contributed by atoms with E-state index < -0.39 is 0 Å². The van der Waals surface area contributed by atoms with Crippen LogP contribution < -0.4 is 11.1 Å². The molecule has 1 saturated carbocycles. The number of unbranched alkanes of at least 4 members (excludes halogenated alkanes) is 1. The van der Waals surface area contributed by atoms with Gasteiger partial charge in [-0.3, -0.25) is 4.79 Å². The average Bonchev–Trinajstić information content (AvgIpc) is 2.24. The van der Waals surface area contributed by atoms with Crippen molar-refractivity contribution in [3.8, 4) is 0 Å². The molecule has 0 bridgehead atoms. The number of nitrogens with two attached hydrogens (primary N) is 1. The van der Waals surface area contributed by atoms with Gasteiger partial charge in [0.1, 0.15) is 0 Å². The molecule has 0 radical (unpaired) electrons. The molecule has 1 amide bonds. The highest BCUT2D eigenvalue weighted by molar-refractivity contribution is 5.81. The first kappa shape index (κ1) is 14.5. The normalized spacial score (nSPS) is 30.9. The van der Waals surface area contributed by atoms with Crippen molar-refractivity contribution in [1.82, 2.24) is 5.32 Å². The molecule has 0 aliphatic heterocycles. The van der Waals surface area contributed by atoms with Crippen LogP contribution >= 0.6 is 0 Å². The molecule has 3 nitrogen and oxygen atoms in total. The van der Waals surface area contributed by atoms with Crippen molar-refractivity contribution in [2.45, 2.75) is 71.4 Å². The van der Waals surface area contributed by atoms with E-state index >= 15 is 0 Å². The summed E-state index contributed by atoms with van der Waals surface area (Å²) in [5, 5.41) is 3.12. The molecule has 2 unspecified atom stereocenters. The van der Waals surface area contributed by atoms with Crippen molar-refractivity contribution < 1.29 is 4.79 Å². The Hall–Kier alpha value is -0.570. The molecule has 17 heavy (non-hydrogen) atoms. The van der Waals surface area contributed by atoms with E-state index in [1.807, 2.05) is 0 Å². The maximum absolute atomic E-state index is 11.9. The molecule has 100 valence electrons. The molecule has 0 aromatic rings. The monoisotopic (exact) mass is 240 g/mol. The van der Waals surface area contributed by atoms with Crippen molar-refractivity contribution in [2.75, 3.05) is 0 Å². The second-order valence-electron chi connectivity index (χ2n) is 5.87. The molecule has 3 heteroatoms. The third-order valence-corrected chi connectivity index (χ3v) is 3.73. The van der Waals surface area contributed by atoms with E-state index in [4.69, 9.17) is 5.73 Å². The van der Waals surface area contributed by atoms with Gasteiger partial charge >= 0.3 is 0 Å². The van der Waals surface area contributed by atoms with E-state index in [0.717, 1.165) is 43.9 Å². The zero-order chi connectivity index (χ0) is 12.8. The minimum absolute atomic E-state index is 0.0461. The molecular weight excluding hydrogens is 212 g/mol. The number of hydrogen-bond donors (Lipinski definition) is 2. The number of rotatable bonds is 5. The lowest BCUT2D eigenvalue weighted by molar-refractivity contribution is -0.123. The fraction of sp³-hybridized carbons (Fsp3) is 0.929. The van der Waals surface area contributed by atoms with Crippen molar-refractivity contribution in [2.24, 2.45) is 17.6 Å². The molecule has 0 saturated heterocycles. The molecule has 1 aliphatic rings. The van der Waals surface area contributed by atoms with E-state index in [-0.39, 0.29) is 11.9 Å². The molecule has 3 N–H and O–H groups in total. The predicted molar refractivity (Wildman–Crippen MR) is 71.6 cm³/mol. The number of carbonyl (C=O) groups excluding carboxylic acids is 1. The van der Waals surface area contributed by atoms with E-state index in [0.29, 0.717) is 6.04 Å². The fourth-order valence-electron chi connectivity index (χ4n) is 2.93. The molecule has 1 aliphatic carbocycles. The van der Waals surface area contributed by atoms with Gasteiger partial charge in [0, 0.05) is 6.04 Å². The highest BCUT2D eigenvalue weighted by Crippen LogP contribution is 2.28. The largest absolute Gasteiger partial charge is 0.352 e. The highest BCUT2D eigenvalue weighted by Gasteiger charge is 2.26. The lowest BCUT2D eigenvalue weighted by Gasteiger charge is -2.32. The van der Waals surface area contributed by atoms with Crippen LogP contribution in [0, 0.1) is 11.8 Å². The first-order valence-corrected chi connectivity index (χ1v) is 7.08. The Bertz CT molecular complexity index is 232. The second kappa shape index (κ2) is 7.00. The molecule has 1 fully saturated rings. The highest BCUT2D eigenvalue weighted by atomic mass is 16.2. The Labute approximate surface area is 106 Å². The minimum atomic E-state index is -0.317. The summed E-state index contributed by atoms with van der Waals surface area (Å²) in [6.45, 7) is 6.66. The maximum atomic E-state index is 11.9. The Morgan fingerprint density at radius 2 is 1.88 bits per heavy atom. The third kappa shape index (κ3) is 5.07. The summed E-state index contributed by atoms with van der Waals surface area (Å²) >= 11 is 0. The van der Waals surface area contributed by atoms with Crippen LogP contribution in [0.4, 0.5) is 0 Å². The third-order valence-electron chi connectivity index (χ3n) is 3.73. The van der Waals surface area contributed by atoms with Gasteiger partial charge < -0.3 is 11.1 Å². The quantitative estimate of drug-likeness (QED) is 0.775. The van der Waals surface area contributed by atoms with Gasteiger partial charge in [0.25, 0.3) is 0 Å². The topological polar surface area (TPSA) is 55.1 Å². The second-order valence-corrected chi connectivity index (χ2v) is 5.87. The molecule has 0 heterocycles. The Morgan fingerprint density at radius 1 is 1.29 bits per heavy atom. The number of nitrogens with one attached hydrogen (secondary N) is 1. The van der Waals surface area contributed by atoms with Gasteiger partial charge in [0.2, 0.25) is 5.91 Å². The number of carbonyl (C=O) groups is 1. The van der Waals surface area contributed by atoms with Crippen LogP contribution in [0.25, 0.3) is 0 Å². The van der Waals surface area contributed by atoms with Crippen LogP contribution in [0.2, 0.25) is 0 Å². The lowest BCUT2D eigenvalue weighted by atomic mass is 9.80. The van der Waals surface area contributed by atoms with Gasteiger partial charge in [-0.05, 0) is 37.5 Å². The SMILES string of the molecule is CCCC[C@H](N)C(=O)NC1CC(C)CC(C)C1. The molecule has 1 rings (SSSR count). The van der Waals surface area contributed by atoms with Crippen LogP contribution in [0.1, 0.15) is 59.3 Å². The number of hydrogen-bond acceptors (Lipinski definition) is 2. The van der Waals surface area contributed by atoms with Gasteiger partial charge in [0.15, 0.2) is 0 Å². The predicted octanol–water partition coefficient (Wildman–Crippen LogP) is 2.44. The molecule has 0 aromatic carbocycles. The van der Waals surface area contributed by atoms with Gasteiger partial charge in [0.05, 0.1) is 6.04 Å². The first-order valence-electron chi connectivity index (χ1n) is 7.08. The number of amides is 1. The van der Waals surface area contributed by atoms with Gasteiger partial charge in [-0.1, -0.05) is 33.6 Å². The Kier molecular flexibility index (Phi) is 5.96. The summed E-state index contributed by atoms with van der Waals surface area (Å²) in [6, 6.07) is 0.0245. The van der Waals surface area contributed by atoms with Gasteiger partial charge in [-0.25, -0.2) is 0 Å². The summed E-state index contributed by atoms with van der Waals surface area (Å²) < 4.78 is 0. The van der Waals surface area contributed by atoms with Crippen LogP contribution in [-0.2, 0) is 4.79 Å².